The first-order valence-electron chi connectivity index (χ1n) is 5.43. The van der Waals surface area contributed by atoms with Crippen molar-refractivity contribution in [1.82, 2.24) is 0 Å². The van der Waals surface area contributed by atoms with Crippen LogP contribution in [0, 0.1) is 0 Å². The predicted octanol–water partition coefficient (Wildman–Crippen LogP) is 2.90. The van der Waals surface area contributed by atoms with Crippen LogP contribution >= 0.6 is 0 Å². The maximum Gasteiger partial charge on any atom is 0.124 e. The second-order valence-corrected chi connectivity index (χ2v) is 5.50. The summed E-state index contributed by atoms with van der Waals surface area (Å²) in [4.78, 5) is -0.189. The highest BCUT2D eigenvalue weighted by Gasteiger charge is 2.05. The molecule has 90 valence electrons. The van der Waals surface area contributed by atoms with Crippen LogP contribution in [-0.4, -0.2) is 13.0 Å². The van der Waals surface area contributed by atoms with Crippen LogP contribution in [0.1, 0.15) is 0 Å². The molecule has 0 heterocycles. The molecule has 0 atom stereocenters. The third kappa shape index (κ3) is 1.75. The van der Waals surface area contributed by atoms with Gasteiger partial charge in [-0.1, -0.05) is 42.5 Å². The van der Waals surface area contributed by atoms with E-state index >= 15 is 0 Å². The van der Waals surface area contributed by atoms with E-state index in [0.29, 0.717) is 0 Å². The molecule has 3 aromatic carbocycles. The predicted molar refractivity (Wildman–Crippen MR) is 69.4 cm³/mol. The molecule has 0 saturated heterocycles. The maximum atomic E-state index is 11.1. The van der Waals surface area contributed by atoms with Gasteiger partial charge < -0.3 is 4.55 Å². The zero-order valence-electron chi connectivity index (χ0n) is 9.33. The zero-order valence-corrected chi connectivity index (χ0v) is 10.1. The van der Waals surface area contributed by atoms with Crippen molar-refractivity contribution in [2.24, 2.45) is 0 Å². The molecule has 0 aliphatic heterocycles. The number of benzene rings is 3. The van der Waals surface area contributed by atoms with Gasteiger partial charge in [0.25, 0.3) is 0 Å². The molecule has 0 aliphatic rings. The smallest absolute Gasteiger partial charge is 0.124 e. The van der Waals surface area contributed by atoms with E-state index < -0.39 is 10.1 Å². The van der Waals surface area contributed by atoms with Crippen molar-refractivity contribution < 1.29 is 13.0 Å². The minimum atomic E-state index is -4.41. The summed E-state index contributed by atoms with van der Waals surface area (Å²) in [7, 11) is -4.41. The van der Waals surface area contributed by atoms with Crippen LogP contribution in [0.2, 0.25) is 0 Å². The normalized spacial score (nSPS) is 12.1. The minimum absolute atomic E-state index is 0.189. The topological polar surface area (TPSA) is 57.2 Å². The molecule has 0 bridgehead atoms. The van der Waals surface area contributed by atoms with Gasteiger partial charge >= 0.3 is 0 Å². The van der Waals surface area contributed by atoms with E-state index in [0.717, 1.165) is 21.5 Å². The lowest BCUT2D eigenvalue weighted by Gasteiger charge is -2.09. The van der Waals surface area contributed by atoms with Gasteiger partial charge in [0.2, 0.25) is 0 Å². The average molecular weight is 257 g/mol. The van der Waals surface area contributed by atoms with E-state index in [1.807, 2.05) is 36.4 Å². The number of rotatable bonds is 1. The minimum Gasteiger partial charge on any atom is -0.744 e. The Morgan fingerprint density at radius 2 is 1.39 bits per heavy atom. The fourth-order valence-electron chi connectivity index (χ4n) is 2.14. The summed E-state index contributed by atoms with van der Waals surface area (Å²) in [5, 5.41) is 3.66. The Hall–Kier alpha value is -1.91. The van der Waals surface area contributed by atoms with E-state index in [2.05, 4.69) is 0 Å². The van der Waals surface area contributed by atoms with Crippen LogP contribution in [0.4, 0.5) is 0 Å². The van der Waals surface area contributed by atoms with Gasteiger partial charge in [-0.15, -0.1) is 0 Å². The summed E-state index contributed by atoms with van der Waals surface area (Å²) in [6.45, 7) is 0. The van der Waals surface area contributed by atoms with Gasteiger partial charge in [-0.25, -0.2) is 8.42 Å². The van der Waals surface area contributed by atoms with Crippen molar-refractivity contribution in [3.63, 3.8) is 0 Å². The van der Waals surface area contributed by atoms with Gasteiger partial charge in [0.1, 0.15) is 10.1 Å². The molecule has 0 fully saturated rings. The van der Waals surface area contributed by atoms with Gasteiger partial charge in [-0.05, 0) is 33.7 Å². The SMILES string of the molecule is O=S(=O)([O-])c1ccc2ccc3ccccc3c2c1. The van der Waals surface area contributed by atoms with Crippen LogP contribution in [0.5, 0.6) is 0 Å². The second kappa shape index (κ2) is 3.80. The van der Waals surface area contributed by atoms with Crippen LogP contribution in [0.25, 0.3) is 21.5 Å². The molecule has 0 radical (unpaired) electrons. The van der Waals surface area contributed by atoms with E-state index in [9.17, 15) is 13.0 Å². The number of fused-ring (bicyclic) bond motifs is 3. The van der Waals surface area contributed by atoms with Crippen molar-refractivity contribution in [3.8, 4) is 0 Å². The summed E-state index contributed by atoms with van der Waals surface area (Å²) >= 11 is 0. The Bertz CT molecular complexity index is 851. The van der Waals surface area contributed by atoms with Gasteiger partial charge in [-0.3, -0.25) is 0 Å². The molecular formula is C14H9O3S-. The lowest BCUT2D eigenvalue weighted by molar-refractivity contribution is 0.463. The highest BCUT2D eigenvalue weighted by molar-refractivity contribution is 7.85. The van der Waals surface area contributed by atoms with Crippen LogP contribution in [0.15, 0.2) is 59.5 Å². The summed E-state index contributed by atoms with van der Waals surface area (Å²) in [6.07, 6.45) is 0. The molecule has 3 rings (SSSR count). The Kier molecular flexibility index (Phi) is 2.36. The van der Waals surface area contributed by atoms with E-state index in [4.69, 9.17) is 0 Å². The van der Waals surface area contributed by atoms with Gasteiger partial charge in [-0.2, -0.15) is 0 Å². The Morgan fingerprint density at radius 1 is 0.778 bits per heavy atom. The Labute approximate surface area is 104 Å². The van der Waals surface area contributed by atoms with Crippen molar-refractivity contribution in [2.75, 3.05) is 0 Å². The van der Waals surface area contributed by atoms with Crippen molar-refractivity contribution in [1.29, 1.82) is 0 Å². The maximum absolute atomic E-state index is 11.1. The highest BCUT2D eigenvalue weighted by Crippen LogP contribution is 2.27. The van der Waals surface area contributed by atoms with Crippen molar-refractivity contribution in [3.05, 3.63) is 54.6 Å². The van der Waals surface area contributed by atoms with Crippen LogP contribution < -0.4 is 0 Å². The van der Waals surface area contributed by atoms with Crippen LogP contribution in [-0.2, 0) is 10.1 Å². The fraction of sp³-hybridized carbons (Fsp3) is 0. The van der Waals surface area contributed by atoms with E-state index in [-0.39, 0.29) is 4.90 Å². The van der Waals surface area contributed by atoms with Crippen LogP contribution in [0.3, 0.4) is 0 Å². The van der Waals surface area contributed by atoms with E-state index in [1.165, 1.54) is 12.1 Å². The van der Waals surface area contributed by atoms with Crippen molar-refractivity contribution in [2.45, 2.75) is 4.90 Å². The van der Waals surface area contributed by atoms with Gasteiger partial charge in [0.05, 0.1) is 4.90 Å². The molecule has 0 aromatic heterocycles. The lowest BCUT2D eigenvalue weighted by atomic mass is 10.0. The molecule has 0 amide bonds. The Morgan fingerprint density at radius 3 is 2.11 bits per heavy atom. The lowest BCUT2D eigenvalue weighted by Crippen LogP contribution is -1.97. The highest BCUT2D eigenvalue weighted by atomic mass is 32.2. The summed E-state index contributed by atoms with van der Waals surface area (Å²) in [6, 6.07) is 16.0. The molecule has 0 aliphatic carbocycles. The first kappa shape index (κ1) is 11.2. The third-order valence-electron chi connectivity index (χ3n) is 3.01. The largest absolute Gasteiger partial charge is 0.744 e. The molecule has 0 unspecified atom stereocenters. The second-order valence-electron chi connectivity index (χ2n) is 4.12. The fourth-order valence-corrected chi connectivity index (χ4v) is 2.63. The average Bonchev–Trinajstić information content (AvgIpc) is 2.37. The first-order chi connectivity index (χ1) is 8.55. The van der Waals surface area contributed by atoms with Crippen molar-refractivity contribution >= 4 is 31.7 Å². The number of hydrogen-bond acceptors (Lipinski definition) is 3. The molecule has 0 spiro atoms. The molecule has 0 N–H and O–H groups in total. The Balaban J connectivity index is 2.48. The molecular weight excluding hydrogens is 248 g/mol. The quantitative estimate of drug-likeness (QED) is 0.497. The third-order valence-corrected chi connectivity index (χ3v) is 3.84. The summed E-state index contributed by atoms with van der Waals surface area (Å²) in [5.41, 5.74) is 0. The summed E-state index contributed by atoms with van der Waals surface area (Å²) in [5.74, 6) is 0. The molecule has 0 saturated carbocycles. The number of hydrogen-bond donors (Lipinski definition) is 0. The van der Waals surface area contributed by atoms with Gasteiger partial charge in [0.15, 0.2) is 0 Å². The molecule has 3 aromatic rings. The monoisotopic (exact) mass is 257 g/mol. The van der Waals surface area contributed by atoms with E-state index in [1.54, 1.807) is 6.07 Å². The molecule has 18 heavy (non-hydrogen) atoms. The summed E-state index contributed by atoms with van der Waals surface area (Å²) < 4.78 is 33.2. The standard InChI is InChI=1S/C14H10O3S/c15-18(16,17)12-8-7-11-6-5-10-3-1-2-4-13(10)14(11)9-12/h1-9H,(H,15,16,17)/p-1. The molecule has 3 nitrogen and oxygen atoms in total. The zero-order chi connectivity index (χ0) is 12.8. The molecule has 4 heteroatoms. The van der Waals surface area contributed by atoms with Gasteiger partial charge in [0, 0.05) is 0 Å². The first-order valence-corrected chi connectivity index (χ1v) is 6.84.